The van der Waals surface area contributed by atoms with E-state index in [9.17, 15) is 4.39 Å². The van der Waals surface area contributed by atoms with Gasteiger partial charge in [-0.1, -0.05) is 0 Å². The molecular formula is C11H9BrFNO. The molecule has 0 spiro atoms. The Balaban J connectivity index is 1.99. The number of halogens is 2. The molecule has 2 rings (SSSR count). The third kappa shape index (κ3) is 2.59. The smallest absolute Gasteiger partial charge is 0.136 e. The number of benzene rings is 1. The molecule has 0 aliphatic rings. The van der Waals surface area contributed by atoms with E-state index in [0.29, 0.717) is 6.54 Å². The molecule has 0 fully saturated rings. The van der Waals surface area contributed by atoms with Crippen LogP contribution >= 0.6 is 15.9 Å². The molecule has 78 valence electrons. The van der Waals surface area contributed by atoms with Gasteiger partial charge in [-0.05, 0) is 46.3 Å². The number of hydrogen-bond donors (Lipinski definition) is 1. The molecule has 0 aliphatic heterocycles. The Kier molecular flexibility index (Phi) is 3.06. The van der Waals surface area contributed by atoms with Gasteiger partial charge in [0.05, 0.1) is 17.3 Å². The summed E-state index contributed by atoms with van der Waals surface area (Å²) in [5, 5.41) is 3.12. The molecule has 4 heteroatoms. The molecule has 0 atom stereocenters. The van der Waals surface area contributed by atoms with Gasteiger partial charge >= 0.3 is 0 Å². The lowest BCUT2D eigenvalue weighted by atomic mass is 10.3. The van der Waals surface area contributed by atoms with E-state index in [1.54, 1.807) is 18.4 Å². The maximum absolute atomic E-state index is 12.6. The highest BCUT2D eigenvalue weighted by molar-refractivity contribution is 9.10. The zero-order valence-corrected chi connectivity index (χ0v) is 9.42. The van der Waals surface area contributed by atoms with E-state index in [2.05, 4.69) is 21.2 Å². The average molecular weight is 270 g/mol. The first-order valence-electron chi connectivity index (χ1n) is 4.47. The average Bonchev–Trinajstić information content (AvgIpc) is 2.63. The van der Waals surface area contributed by atoms with E-state index in [4.69, 9.17) is 4.42 Å². The SMILES string of the molecule is Fc1ccc(NCc2occc2Br)cc1. The minimum Gasteiger partial charge on any atom is -0.466 e. The molecular weight excluding hydrogens is 261 g/mol. The molecule has 2 nitrogen and oxygen atoms in total. The first kappa shape index (κ1) is 10.2. The van der Waals surface area contributed by atoms with Gasteiger partial charge in [-0.3, -0.25) is 0 Å². The van der Waals surface area contributed by atoms with Gasteiger partial charge < -0.3 is 9.73 Å². The highest BCUT2D eigenvalue weighted by Crippen LogP contribution is 2.19. The molecule has 2 aromatic rings. The summed E-state index contributed by atoms with van der Waals surface area (Å²) in [7, 11) is 0. The van der Waals surface area contributed by atoms with E-state index < -0.39 is 0 Å². The summed E-state index contributed by atoms with van der Waals surface area (Å²) in [5.41, 5.74) is 0.861. The van der Waals surface area contributed by atoms with Crippen LogP contribution in [0.5, 0.6) is 0 Å². The number of anilines is 1. The predicted octanol–water partition coefficient (Wildman–Crippen LogP) is 3.79. The molecule has 0 bridgehead atoms. The summed E-state index contributed by atoms with van der Waals surface area (Å²) in [6.45, 7) is 0.569. The van der Waals surface area contributed by atoms with Crippen LogP contribution in [-0.4, -0.2) is 0 Å². The van der Waals surface area contributed by atoms with E-state index in [1.165, 1.54) is 12.1 Å². The lowest BCUT2D eigenvalue weighted by Gasteiger charge is -2.04. The summed E-state index contributed by atoms with van der Waals surface area (Å²) in [6.07, 6.45) is 1.62. The molecule has 1 N–H and O–H groups in total. The van der Waals surface area contributed by atoms with Gasteiger partial charge in [-0.15, -0.1) is 0 Å². The van der Waals surface area contributed by atoms with Crippen LogP contribution in [0, 0.1) is 5.82 Å². The van der Waals surface area contributed by atoms with Gasteiger partial charge in [0.1, 0.15) is 11.6 Å². The highest BCUT2D eigenvalue weighted by atomic mass is 79.9. The summed E-state index contributed by atoms with van der Waals surface area (Å²) in [4.78, 5) is 0. The standard InChI is InChI=1S/C11H9BrFNO/c12-10-5-6-15-11(10)7-14-9-3-1-8(13)2-4-9/h1-6,14H,7H2. The van der Waals surface area contributed by atoms with E-state index in [1.807, 2.05) is 6.07 Å². The fourth-order valence-corrected chi connectivity index (χ4v) is 1.54. The second-order valence-corrected chi connectivity index (χ2v) is 3.91. The van der Waals surface area contributed by atoms with E-state index in [0.717, 1.165) is 15.9 Å². The summed E-state index contributed by atoms with van der Waals surface area (Å²) < 4.78 is 18.8. The van der Waals surface area contributed by atoms with Crippen LogP contribution < -0.4 is 5.32 Å². The van der Waals surface area contributed by atoms with Gasteiger partial charge in [0, 0.05) is 5.69 Å². The van der Waals surface area contributed by atoms with Crippen molar-refractivity contribution >= 4 is 21.6 Å². The Morgan fingerprint density at radius 3 is 2.53 bits per heavy atom. The van der Waals surface area contributed by atoms with Crippen LogP contribution in [0.2, 0.25) is 0 Å². The monoisotopic (exact) mass is 269 g/mol. The van der Waals surface area contributed by atoms with E-state index in [-0.39, 0.29) is 5.82 Å². The Hall–Kier alpha value is -1.29. The Labute approximate surface area is 95.2 Å². The van der Waals surface area contributed by atoms with Crippen molar-refractivity contribution in [3.63, 3.8) is 0 Å². The Morgan fingerprint density at radius 1 is 1.20 bits per heavy atom. The largest absolute Gasteiger partial charge is 0.466 e. The fourth-order valence-electron chi connectivity index (χ4n) is 1.20. The van der Waals surface area contributed by atoms with Gasteiger partial charge in [0.2, 0.25) is 0 Å². The second kappa shape index (κ2) is 4.49. The van der Waals surface area contributed by atoms with Crippen molar-refractivity contribution in [2.45, 2.75) is 6.54 Å². The lowest BCUT2D eigenvalue weighted by Crippen LogP contribution is -1.98. The van der Waals surface area contributed by atoms with Crippen molar-refractivity contribution in [3.8, 4) is 0 Å². The topological polar surface area (TPSA) is 25.2 Å². The molecule has 0 aliphatic carbocycles. The van der Waals surface area contributed by atoms with Crippen LogP contribution in [0.25, 0.3) is 0 Å². The Bertz CT molecular complexity index is 438. The van der Waals surface area contributed by atoms with Crippen LogP contribution in [0.15, 0.2) is 45.5 Å². The highest BCUT2D eigenvalue weighted by Gasteiger charge is 2.02. The van der Waals surface area contributed by atoms with Crippen LogP contribution in [-0.2, 0) is 6.54 Å². The van der Waals surface area contributed by atoms with Gasteiger partial charge in [0.15, 0.2) is 0 Å². The molecule has 0 unspecified atom stereocenters. The van der Waals surface area contributed by atoms with Crippen LogP contribution in [0.4, 0.5) is 10.1 Å². The molecule has 0 amide bonds. The number of rotatable bonds is 3. The quantitative estimate of drug-likeness (QED) is 0.917. The van der Waals surface area contributed by atoms with Crippen LogP contribution in [0.3, 0.4) is 0 Å². The van der Waals surface area contributed by atoms with Crippen molar-refractivity contribution in [2.75, 3.05) is 5.32 Å². The Morgan fingerprint density at radius 2 is 1.93 bits per heavy atom. The summed E-state index contributed by atoms with van der Waals surface area (Å²) in [6, 6.07) is 8.04. The number of hydrogen-bond acceptors (Lipinski definition) is 2. The molecule has 0 saturated carbocycles. The van der Waals surface area contributed by atoms with Crippen molar-refractivity contribution in [3.05, 3.63) is 52.6 Å². The fraction of sp³-hybridized carbons (Fsp3) is 0.0909. The van der Waals surface area contributed by atoms with Crippen molar-refractivity contribution < 1.29 is 8.81 Å². The maximum Gasteiger partial charge on any atom is 0.136 e. The molecule has 0 radical (unpaired) electrons. The number of furan rings is 1. The third-order valence-electron chi connectivity index (χ3n) is 1.99. The van der Waals surface area contributed by atoms with Crippen molar-refractivity contribution in [1.82, 2.24) is 0 Å². The summed E-state index contributed by atoms with van der Waals surface area (Å²) in [5.74, 6) is 0.582. The number of nitrogens with one attached hydrogen (secondary N) is 1. The van der Waals surface area contributed by atoms with Gasteiger partial charge in [-0.2, -0.15) is 0 Å². The van der Waals surface area contributed by atoms with Gasteiger partial charge in [0.25, 0.3) is 0 Å². The van der Waals surface area contributed by atoms with E-state index >= 15 is 0 Å². The summed E-state index contributed by atoms with van der Waals surface area (Å²) >= 11 is 3.36. The zero-order chi connectivity index (χ0) is 10.7. The second-order valence-electron chi connectivity index (χ2n) is 3.05. The molecule has 1 aromatic heterocycles. The predicted molar refractivity (Wildman–Crippen MR) is 60.1 cm³/mol. The minimum atomic E-state index is -0.236. The normalized spacial score (nSPS) is 10.3. The first-order chi connectivity index (χ1) is 7.25. The molecule has 15 heavy (non-hydrogen) atoms. The maximum atomic E-state index is 12.6. The van der Waals surface area contributed by atoms with Crippen molar-refractivity contribution in [2.24, 2.45) is 0 Å². The zero-order valence-electron chi connectivity index (χ0n) is 7.84. The molecule has 1 aromatic carbocycles. The van der Waals surface area contributed by atoms with Gasteiger partial charge in [-0.25, -0.2) is 4.39 Å². The minimum absolute atomic E-state index is 0.236. The molecule has 1 heterocycles. The van der Waals surface area contributed by atoms with Crippen molar-refractivity contribution in [1.29, 1.82) is 0 Å². The third-order valence-corrected chi connectivity index (χ3v) is 2.69. The molecule has 0 saturated heterocycles. The van der Waals surface area contributed by atoms with Crippen LogP contribution in [0.1, 0.15) is 5.76 Å². The lowest BCUT2D eigenvalue weighted by molar-refractivity contribution is 0.516. The first-order valence-corrected chi connectivity index (χ1v) is 5.26.